The van der Waals surface area contributed by atoms with Crippen molar-refractivity contribution in [2.24, 2.45) is 5.92 Å². The molecule has 0 aliphatic carbocycles. The van der Waals surface area contributed by atoms with Crippen molar-refractivity contribution in [2.45, 2.75) is 33.1 Å². The molecule has 0 aliphatic rings. The van der Waals surface area contributed by atoms with Crippen LogP contribution in [0.25, 0.3) is 0 Å². The molecule has 0 fully saturated rings. The summed E-state index contributed by atoms with van der Waals surface area (Å²) in [4.78, 5) is 16.3. The first kappa shape index (κ1) is 13.6. The molecule has 90 valence electrons. The molecule has 0 radical (unpaired) electrons. The Morgan fingerprint density at radius 3 is 3.00 bits per heavy atom. The van der Waals surface area contributed by atoms with E-state index < -0.39 is 0 Å². The predicted molar refractivity (Wildman–Crippen MR) is 70.8 cm³/mol. The van der Waals surface area contributed by atoms with E-state index in [1.54, 1.807) is 6.20 Å². The summed E-state index contributed by atoms with van der Waals surface area (Å²) < 4.78 is 0.747. The van der Waals surface area contributed by atoms with Gasteiger partial charge in [0, 0.05) is 6.54 Å². The number of hydrogen-bond donors (Lipinski definition) is 1. The molecule has 1 heterocycles. The number of halogens is 1. The second-order valence-corrected chi connectivity index (χ2v) is 6.20. The molecule has 0 saturated carbocycles. The minimum atomic E-state index is -0.0210. The molecule has 0 aromatic carbocycles. The van der Waals surface area contributed by atoms with E-state index >= 15 is 0 Å². The first-order chi connectivity index (χ1) is 7.63. The lowest BCUT2D eigenvalue weighted by molar-refractivity contribution is 0.0956. The number of nitrogens with zero attached hydrogens (tertiary/aromatic N) is 1. The number of thiazole rings is 1. The van der Waals surface area contributed by atoms with Gasteiger partial charge in [-0.15, -0.1) is 11.3 Å². The highest BCUT2D eigenvalue weighted by molar-refractivity contribution is 9.11. The summed E-state index contributed by atoms with van der Waals surface area (Å²) in [6.07, 6.45) is 5.01. The van der Waals surface area contributed by atoms with Crippen LogP contribution < -0.4 is 5.32 Å². The fraction of sp³-hybridized carbons (Fsp3) is 0.636. The van der Waals surface area contributed by atoms with Gasteiger partial charge in [-0.05, 0) is 34.7 Å². The zero-order valence-electron chi connectivity index (χ0n) is 9.62. The second kappa shape index (κ2) is 7.01. The van der Waals surface area contributed by atoms with Crippen molar-refractivity contribution < 1.29 is 4.79 Å². The minimum absolute atomic E-state index is 0.0210. The summed E-state index contributed by atoms with van der Waals surface area (Å²) in [6, 6.07) is 0. The van der Waals surface area contributed by atoms with E-state index in [1.807, 2.05) is 0 Å². The lowest BCUT2D eigenvalue weighted by Gasteiger charge is -2.08. The summed E-state index contributed by atoms with van der Waals surface area (Å²) >= 11 is 4.60. The Balaban J connectivity index is 2.21. The predicted octanol–water partition coefficient (Wildman–Crippen LogP) is 3.46. The van der Waals surface area contributed by atoms with E-state index in [4.69, 9.17) is 0 Å². The zero-order valence-corrected chi connectivity index (χ0v) is 12.0. The average Bonchev–Trinajstić information content (AvgIpc) is 2.70. The van der Waals surface area contributed by atoms with Crippen molar-refractivity contribution >= 4 is 33.2 Å². The van der Waals surface area contributed by atoms with Gasteiger partial charge in [-0.2, -0.15) is 0 Å². The third kappa shape index (κ3) is 4.61. The maximum Gasteiger partial charge on any atom is 0.263 e. The highest BCUT2D eigenvalue weighted by atomic mass is 79.9. The van der Waals surface area contributed by atoms with E-state index in [-0.39, 0.29) is 5.91 Å². The highest BCUT2D eigenvalue weighted by Gasteiger charge is 2.08. The fourth-order valence-electron chi connectivity index (χ4n) is 1.30. The van der Waals surface area contributed by atoms with Crippen LogP contribution in [-0.2, 0) is 0 Å². The third-order valence-electron chi connectivity index (χ3n) is 2.56. The quantitative estimate of drug-likeness (QED) is 0.818. The number of amides is 1. The Morgan fingerprint density at radius 2 is 2.44 bits per heavy atom. The topological polar surface area (TPSA) is 42.0 Å². The van der Waals surface area contributed by atoms with Gasteiger partial charge in [0.05, 0.1) is 6.20 Å². The largest absolute Gasteiger partial charge is 0.351 e. The number of carbonyl (C=O) groups excluding carboxylic acids is 1. The van der Waals surface area contributed by atoms with E-state index in [2.05, 4.69) is 40.1 Å². The van der Waals surface area contributed by atoms with E-state index in [0.717, 1.165) is 22.8 Å². The van der Waals surface area contributed by atoms with E-state index in [0.29, 0.717) is 4.88 Å². The Labute approximate surface area is 109 Å². The van der Waals surface area contributed by atoms with Crippen LogP contribution in [0, 0.1) is 5.92 Å². The SMILES string of the molecule is CCC(C)CCCNC(=O)c1cnc(Br)s1. The number of rotatable bonds is 6. The van der Waals surface area contributed by atoms with Crippen LogP contribution in [0.5, 0.6) is 0 Å². The smallest absolute Gasteiger partial charge is 0.263 e. The first-order valence-corrected chi connectivity index (χ1v) is 7.14. The van der Waals surface area contributed by atoms with Crippen molar-refractivity contribution in [3.8, 4) is 0 Å². The van der Waals surface area contributed by atoms with Crippen molar-refractivity contribution in [3.05, 3.63) is 15.0 Å². The molecule has 3 nitrogen and oxygen atoms in total. The molecule has 0 saturated heterocycles. The molecule has 1 atom stereocenters. The first-order valence-electron chi connectivity index (χ1n) is 5.53. The fourth-order valence-corrected chi connectivity index (χ4v) is 2.48. The van der Waals surface area contributed by atoms with Gasteiger partial charge in [-0.25, -0.2) is 4.98 Å². The molecule has 1 unspecified atom stereocenters. The van der Waals surface area contributed by atoms with Crippen LogP contribution >= 0.6 is 27.3 Å². The lowest BCUT2D eigenvalue weighted by atomic mass is 10.0. The summed E-state index contributed by atoms with van der Waals surface area (Å²) in [5.41, 5.74) is 0. The molecule has 1 aromatic rings. The summed E-state index contributed by atoms with van der Waals surface area (Å²) in [5, 5.41) is 2.90. The second-order valence-electron chi connectivity index (χ2n) is 3.89. The Kier molecular flexibility index (Phi) is 5.98. The normalized spacial score (nSPS) is 12.4. The van der Waals surface area contributed by atoms with Gasteiger partial charge in [-0.3, -0.25) is 4.79 Å². The van der Waals surface area contributed by atoms with Crippen molar-refractivity contribution in [1.29, 1.82) is 0 Å². The summed E-state index contributed by atoms with van der Waals surface area (Å²) in [7, 11) is 0. The molecule has 0 bridgehead atoms. The Bertz CT molecular complexity index is 340. The molecule has 5 heteroatoms. The Hall–Kier alpha value is -0.420. The number of nitrogens with one attached hydrogen (secondary N) is 1. The van der Waals surface area contributed by atoms with E-state index in [1.165, 1.54) is 24.2 Å². The van der Waals surface area contributed by atoms with Gasteiger partial charge >= 0.3 is 0 Å². The number of carbonyl (C=O) groups is 1. The molecule has 1 aromatic heterocycles. The molecular formula is C11H17BrN2OS. The summed E-state index contributed by atoms with van der Waals surface area (Å²) in [5.74, 6) is 0.724. The molecule has 16 heavy (non-hydrogen) atoms. The van der Waals surface area contributed by atoms with Crippen LogP contribution in [0.1, 0.15) is 42.8 Å². The van der Waals surface area contributed by atoms with Crippen molar-refractivity contribution in [2.75, 3.05) is 6.54 Å². The van der Waals surface area contributed by atoms with Crippen LogP contribution in [0.4, 0.5) is 0 Å². The van der Waals surface area contributed by atoms with Crippen LogP contribution in [0.15, 0.2) is 10.1 Å². The number of aromatic nitrogens is 1. The van der Waals surface area contributed by atoms with E-state index in [9.17, 15) is 4.79 Å². The molecule has 0 aliphatic heterocycles. The van der Waals surface area contributed by atoms with Gasteiger partial charge in [-0.1, -0.05) is 20.3 Å². The summed E-state index contributed by atoms with van der Waals surface area (Å²) in [6.45, 7) is 5.18. The minimum Gasteiger partial charge on any atom is -0.351 e. The van der Waals surface area contributed by atoms with Crippen molar-refractivity contribution in [3.63, 3.8) is 0 Å². The van der Waals surface area contributed by atoms with Gasteiger partial charge in [0.15, 0.2) is 3.92 Å². The van der Waals surface area contributed by atoms with Gasteiger partial charge < -0.3 is 5.32 Å². The maximum atomic E-state index is 11.6. The third-order valence-corrected chi connectivity index (χ3v) is 4.03. The monoisotopic (exact) mass is 304 g/mol. The molecular weight excluding hydrogens is 288 g/mol. The number of hydrogen-bond acceptors (Lipinski definition) is 3. The molecule has 1 N–H and O–H groups in total. The molecule has 1 amide bonds. The maximum absolute atomic E-state index is 11.6. The zero-order chi connectivity index (χ0) is 12.0. The van der Waals surface area contributed by atoms with Crippen LogP contribution in [0.3, 0.4) is 0 Å². The van der Waals surface area contributed by atoms with Crippen LogP contribution in [-0.4, -0.2) is 17.4 Å². The highest BCUT2D eigenvalue weighted by Crippen LogP contribution is 2.18. The average molecular weight is 305 g/mol. The molecule has 1 rings (SSSR count). The molecule has 0 spiro atoms. The van der Waals surface area contributed by atoms with Crippen LogP contribution in [0.2, 0.25) is 0 Å². The Morgan fingerprint density at radius 1 is 1.69 bits per heavy atom. The lowest BCUT2D eigenvalue weighted by Crippen LogP contribution is -2.23. The van der Waals surface area contributed by atoms with Gasteiger partial charge in [0.25, 0.3) is 5.91 Å². The van der Waals surface area contributed by atoms with Gasteiger partial charge in [0.1, 0.15) is 4.88 Å². The standard InChI is InChI=1S/C11H17BrN2OS/c1-3-8(2)5-4-6-13-10(15)9-7-14-11(12)16-9/h7-8H,3-6H2,1-2H3,(H,13,15). The van der Waals surface area contributed by atoms with Gasteiger partial charge in [0.2, 0.25) is 0 Å². The van der Waals surface area contributed by atoms with Crippen molar-refractivity contribution in [1.82, 2.24) is 10.3 Å².